The lowest BCUT2D eigenvalue weighted by Gasteiger charge is -2.16. The molecule has 0 aliphatic rings. The highest BCUT2D eigenvalue weighted by molar-refractivity contribution is 7.97. The van der Waals surface area contributed by atoms with Gasteiger partial charge in [0.25, 0.3) is 0 Å². The van der Waals surface area contributed by atoms with Gasteiger partial charge in [-0.2, -0.15) is 0 Å². The molecular weight excluding hydrogens is 320 g/mol. The maximum absolute atomic E-state index is 11.7. The maximum atomic E-state index is 11.7. The molecule has 0 saturated heterocycles. The molecule has 0 radical (unpaired) electrons. The van der Waals surface area contributed by atoms with Gasteiger partial charge in [-0.15, -0.1) is 4.91 Å². The zero-order valence-electron chi connectivity index (χ0n) is 11.4. The van der Waals surface area contributed by atoms with Crippen molar-refractivity contribution in [1.82, 2.24) is 10.6 Å². The highest BCUT2D eigenvalue weighted by atomic mass is 32.2. The van der Waals surface area contributed by atoms with Gasteiger partial charge in [-0.1, -0.05) is 0 Å². The van der Waals surface area contributed by atoms with Gasteiger partial charge in [-0.25, -0.2) is 0 Å². The van der Waals surface area contributed by atoms with E-state index in [4.69, 9.17) is 15.9 Å². The van der Waals surface area contributed by atoms with Crippen molar-refractivity contribution in [1.29, 1.82) is 0 Å². The van der Waals surface area contributed by atoms with E-state index in [1.54, 1.807) is 0 Å². The third kappa shape index (κ3) is 8.86. The van der Waals surface area contributed by atoms with Crippen LogP contribution in [0.4, 0.5) is 0 Å². The van der Waals surface area contributed by atoms with Crippen molar-refractivity contribution in [2.24, 2.45) is 10.3 Å². The molecule has 0 heterocycles. The summed E-state index contributed by atoms with van der Waals surface area (Å²) in [6, 6.07) is -2.38. The summed E-state index contributed by atoms with van der Waals surface area (Å²) in [4.78, 5) is 54.2. The fourth-order valence-electron chi connectivity index (χ4n) is 1.25. The molecule has 2 amide bonds. The Labute approximate surface area is 129 Å². The minimum absolute atomic E-state index is 0.135. The van der Waals surface area contributed by atoms with E-state index in [9.17, 15) is 24.1 Å². The van der Waals surface area contributed by atoms with E-state index in [-0.39, 0.29) is 18.6 Å². The molecule has 12 heteroatoms. The van der Waals surface area contributed by atoms with Crippen LogP contribution in [0.25, 0.3) is 0 Å². The molecule has 0 aromatic carbocycles. The minimum Gasteiger partial charge on any atom is -0.480 e. The number of amides is 2. The van der Waals surface area contributed by atoms with Gasteiger partial charge in [-0.05, 0) is 6.42 Å². The molecule has 0 bridgehead atoms. The summed E-state index contributed by atoms with van der Waals surface area (Å²) in [6.45, 7) is -0.645. The summed E-state index contributed by atoms with van der Waals surface area (Å²) in [5.74, 6) is -4.17. The molecule has 0 rings (SSSR count). The molecule has 0 aromatic rings. The number of nitrogens with one attached hydrogen (secondary N) is 2. The van der Waals surface area contributed by atoms with Crippen LogP contribution in [-0.2, 0) is 19.2 Å². The average Bonchev–Trinajstić information content (AvgIpc) is 2.46. The predicted octanol–water partition coefficient (Wildman–Crippen LogP) is -1.72. The van der Waals surface area contributed by atoms with Crippen molar-refractivity contribution in [3.63, 3.8) is 0 Å². The molecule has 124 valence electrons. The monoisotopic (exact) mass is 336 g/mol. The Kier molecular flexibility index (Phi) is 9.45. The Morgan fingerprint density at radius 2 is 1.86 bits per heavy atom. The number of nitrogens with two attached hydrogens (primary N) is 1. The van der Waals surface area contributed by atoms with E-state index >= 15 is 0 Å². The van der Waals surface area contributed by atoms with Gasteiger partial charge in [0.2, 0.25) is 11.8 Å². The molecule has 2 atom stereocenters. The van der Waals surface area contributed by atoms with Gasteiger partial charge >= 0.3 is 11.9 Å². The van der Waals surface area contributed by atoms with Crippen molar-refractivity contribution < 1.29 is 29.4 Å². The first-order chi connectivity index (χ1) is 10.3. The average molecular weight is 336 g/mol. The van der Waals surface area contributed by atoms with Crippen LogP contribution in [-0.4, -0.2) is 58.3 Å². The minimum atomic E-state index is -1.27. The third-order valence-corrected chi connectivity index (χ3v) is 2.95. The van der Waals surface area contributed by atoms with Crippen molar-refractivity contribution in [2.45, 2.75) is 24.9 Å². The van der Waals surface area contributed by atoms with E-state index in [0.717, 1.165) is 0 Å². The molecular formula is C10H16N4O7S. The van der Waals surface area contributed by atoms with Gasteiger partial charge in [0.05, 0.1) is 0 Å². The van der Waals surface area contributed by atoms with Crippen LogP contribution >= 0.6 is 11.9 Å². The van der Waals surface area contributed by atoms with E-state index in [1.807, 2.05) is 0 Å². The van der Waals surface area contributed by atoms with Gasteiger partial charge in [0.1, 0.15) is 18.6 Å². The Morgan fingerprint density at radius 1 is 1.23 bits per heavy atom. The number of carbonyl (C=O) groups is 4. The van der Waals surface area contributed by atoms with Crippen molar-refractivity contribution in [3.8, 4) is 0 Å². The summed E-state index contributed by atoms with van der Waals surface area (Å²) in [5.41, 5.74) is 5.23. The number of hydrogen-bond donors (Lipinski definition) is 5. The highest BCUT2D eigenvalue weighted by Gasteiger charge is 2.22. The fraction of sp³-hybridized carbons (Fsp3) is 0.600. The first-order valence-corrected chi connectivity index (χ1v) is 6.94. The van der Waals surface area contributed by atoms with Gasteiger partial charge in [0.15, 0.2) is 0 Å². The van der Waals surface area contributed by atoms with Crippen LogP contribution in [0.2, 0.25) is 0 Å². The number of aliphatic carboxylic acids is 2. The lowest BCUT2D eigenvalue weighted by molar-refractivity contribution is -0.139. The molecule has 0 aliphatic carbocycles. The summed E-state index contributed by atoms with van der Waals surface area (Å²) < 4.78 is 2.48. The molecule has 0 unspecified atom stereocenters. The summed E-state index contributed by atoms with van der Waals surface area (Å²) in [7, 11) is 0. The van der Waals surface area contributed by atoms with E-state index < -0.39 is 42.4 Å². The normalized spacial score (nSPS) is 12.8. The topological polar surface area (TPSA) is 188 Å². The van der Waals surface area contributed by atoms with Crippen LogP contribution < -0.4 is 16.4 Å². The second kappa shape index (κ2) is 10.5. The molecule has 0 aromatic heterocycles. The van der Waals surface area contributed by atoms with E-state index in [0.29, 0.717) is 11.9 Å². The van der Waals surface area contributed by atoms with Crippen molar-refractivity contribution in [3.05, 3.63) is 4.91 Å². The van der Waals surface area contributed by atoms with Crippen LogP contribution in [0.15, 0.2) is 4.58 Å². The zero-order chi connectivity index (χ0) is 17.1. The molecule has 0 spiro atoms. The second-order valence-corrected chi connectivity index (χ2v) is 4.83. The number of carbonyl (C=O) groups excluding carboxylic acids is 2. The summed E-state index contributed by atoms with van der Waals surface area (Å²) in [6.07, 6.45) is -0.376. The van der Waals surface area contributed by atoms with Crippen molar-refractivity contribution >= 4 is 35.7 Å². The number of rotatable bonds is 11. The smallest absolute Gasteiger partial charge is 0.322 e. The zero-order valence-corrected chi connectivity index (χ0v) is 12.2. The maximum Gasteiger partial charge on any atom is 0.322 e. The largest absolute Gasteiger partial charge is 0.480 e. The number of carboxylic acids is 2. The van der Waals surface area contributed by atoms with Crippen molar-refractivity contribution in [2.75, 3.05) is 12.3 Å². The Balaban J connectivity index is 4.46. The number of hydrogen-bond acceptors (Lipinski definition) is 8. The van der Waals surface area contributed by atoms with E-state index in [1.165, 1.54) is 0 Å². The molecule has 22 heavy (non-hydrogen) atoms. The molecule has 6 N–H and O–H groups in total. The van der Waals surface area contributed by atoms with Gasteiger partial charge < -0.3 is 26.6 Å². The first-order valence-electron chi connectivity index (χ1n) is 5.99. The lowest BCUT2D eigenvalue weighted by Crippen LogP contribution is -2.49. The Hall–Kier alpha value is -2.21. The van der Waals surface area contributed by atoms with E-state index in [2.05, 4.69) is 15.2 Å². The summed E-state index contributed by atoms with van der Waals surface area (Å²) >= 11 is 0.478. The molecule has 0 aliphatic heterocycles. The van der Waals surface area contributed by atoms with Crippen LogP contribution in [0.5, 0.6) is 0 Å². The van der Waals surface area contributed by atoms with Crippen LogP contribution in [0, 0.1) is 4.91 Å². The van der Waals surface area contributed by atoms with Gasteiger partial charge in [-0.3, -0.25) is 19.2 Å². The fourth-order valence-corrected chi connectivity index (χ4v) is 1.70. The lowest BCUT2D eigenvalue weighted by atomic mass is 10.1. The predicted molar refractivity (Wildman–Crippen MR) is 75.7 cm³/mol. The second-order valence-electron chi connectivity index (χ2n) is 4.09. The molecule has 11 nitrogen and oxygen atoms in total. The Morgan fingerprint density at radius 3 is 2.36 bits per heavy atom. The molecule has 0 fully saturated rings. The SMILES string of the molecule is N[C@H](CCC(=O)N[C@H](CSN=O)C(=O)NCC(=O)O)C(=O)O. The van der Waals surface area contributed by atoms with Crippen LogP contribution in [0.3, 0.4) is 0 Å². The highest BCUT2D eigenvalue weighted by Crippen LogP contribution is 2.05. The van der Waals surface area contributed by atoms with Crippen LogP contribution in [0.1, 0.15) is 12.8 Å². The quantitative estimate of drug-likeness (QED) is 0.216. The standard InChI is InChI=1S/C10H16N4O7S/c11-5(10(19)20)1-2-7(15)13-6(4-22-14-21)9(18)12-3-8(16)17/h5-6H,1-4,11H2,(H,12,18)(H,13,15)(H,16,17)(H,19,20)/t5-,6-/m1/s1. The number of nitroso groups, excluding NO2 is 1. The third-order valence-electron chi connectivity index (χ3n) is 2.36. The first kappa shape index (κ1) is 19.8. The molecule has 0 saturated carbocycles. The Bertz CT molecular complexity index is 445. The summed E-state index contributed by atoms with van der Waals surface area (Å²) in [5, 5.41) is 21.3. The number of nitrogens with zero attached hydrogens (tertiary/aromatic N) is 1. The van der Waals surface area contributed by atoms with Gasteiger partial charge in [0, 0.05) is 28.7 Å². The number of carboxylic acid groups (broad SMARTS) is 2.